The summed E-state index contributed by atoms with van der Waals surface area (Å²) in [5.74, 6) is 1.43. The highest BCUT2D eigenvalue weighted by molar-refractivity contribution is 7.19. The van der Waals surface area contributed by atoms with Crippen molar-refractivity contribution in [2.75, 3.05) is 39.8 Å². The Morgan fingerprint density at radius 3 is 2.96 bits per heavy atom. The number of rotatable bonds is 6. The summed E-state index contributed by atoms with van der Waals surface area (Å²) in [6.45, 7) is 7.08. The molecule has 3 N–H and O–H groups in total. The Labute approximate surface area is 153 Å². The fourth-order valence-electron chi connectivity index (χ4n) is 3.29. The van der Waals surface area contributed by atoms with Crippen LogP contribution in [0.5, 0.6) is 0 Å². The van der Waals surface area contributed by atoms with E-state index in [0.717, 1.165) is 30.5 Å². The van der Waals surface area contributed by atoms with Crippen molar-refractivity contribution < 1.29 is 5.11 Å². The summed E-state index contributed by atoms with van der Waals surface area (Å²) in [5.41, 5.74) is 0. The van der Waals surface area contributed by atoms with E-state index in [1.54, 1.807) is 18.4 Å². The number of aliphatic imine (C=N–C) groups is 1. The zero-order chi connectivity index (χ0) is 17.6. The smallest absolute Gasteiger partial charge is 0.191 e. The van der Waals surface area contributed by atoms with Crippen molar-refractivity contribution in [1.29, 1.82) is 0 Å². The first-order valence-electron chi connectivity index (χ1n) is 9.03. The Morgan fingerprint density at radius 2 is 2.24 bits per heavy atom. The molecule has 0 radical (unpaired) electrons. The van der Waals surface area contributed by atoms with Crippen LogP contribution in [-0.4, -0.2) is 55.7 Å². The molecule has 0 bridgehead atoms. The predicted molar refractivity (Wildman–Crippen MR) is 106 cm³/mol. The number of nitrogens with zero attached hydrogens (tertiary/aromatic N) is 2. The molecule has 25 heavy (non-hydrogen) atoms. The van der Waals surface area contributed by atoms with Crippen molar-refractivity contribution in [1.82, 2.24) is 15.5 Å². The van der Waals surface area contributed by atoms with Gasteiger partial charge in [-0.15, -0.1) is 11.3 Å². The molecule has 1 aromatic heterocycles. The molecule has 2 heterocycles. The van der Waals surface area contributed by atoms with E-state index in [-0.39, 0.29) is 0 Å². The number of aliphatic hydroxyl groups is 1. The second kappa shape index (κ2) is 8.65. The zero-order valence-electron chi connectivity index (χ0n) is 15.0. The third kappa shape index (κ3) is 4.71. The van der Waals surface area contributed by atoms with Crippen LogP contribution in [0.2, 0.25) is 0 Å². The van der Waals surface area contributed by atoms with Gasteiger partial charge in [-0.3, -0.25) is 4.99 Å². The summed E-state index contributed by atoms with van der Waals surface area (Å²) in [5, 5.41) is 18.3. The highest BCUT2D eigenvalue weighted by Gasteiger charge is 2.21. The van der Waals surface area contributed by atoms with Crippen LogP contribution in [-0.2, 0) is 0 Å². The molecular formula is C19H28N4OS. The molecule has 1 aliphatic heterocycles. The number of hydrogen-bond donors (Lipinski definition) is 3. The molecule has 0 spiro atoms. The van der Waals surface area contributed by atoms with Crippen molar-refractivity contribution >= 4 is 27.4 Å². The molecule has 1 saturated heterocycles. The molecule has 1 fully saturated rings. The Hall–Kier alpha value is -1.63. The van der Waals surface area contributed by atoms with E-state index in [1.165, 1.54) is 23.1 Å². The summed E-state index contributed by atoms with van der Waals surface area (Å²) in [6, 6.07) is 10.3. The van der Waals surface area contributed by atoms with Crippen LogP contribution in [0.1, 0.15) is 24.3 Å². The van der Waals surface area contributed by atoms with Crippen LogP contribution < -0.4 is 10.6 Å². The monoisotopic (exact) mass is 360 g/mol. The van der Waals surface area contributed by atoms with Crippen LogP contribution in [0, 0.1) is 5.92 Å². The average Bonchev–Trinajstić information content (AvgIpc) is 3.28. The van der Waals surface area contributed by atoms with Crippen LogP contribution in [0.4, 0.5) is 0 Å². The van der Waals surface area contributed by atoms with E-state index in [2.05, 4.69) is 45.6 Å². The third-order valence-electron chi connectivity index (χ3n) is 4.83. The molecule has 3 rings (SSSR count). The highest BCUT2D eigenvalue weighted by Crippen LogP contribution is 2.29. The van der Waals surface area contributed by atoms with Gasteiger partial charge in [-0.25, -0.2) is 0 Å². The maximum absolute atomic E-state index is 10.5. The van der Waals surface area contributed by atoms with Crippen molar-refractivity contribution in [3.8, 4) is 0 Å². The van der Waals surface area contributed by atoms with Gasteiger partial charge in [-0.05, 0) is 42.9 Å². The molecule has 0 amide bonds. The Morgan fingerprint density at radius 1 is 1.40 bits per heavy atom. The number of fused-ring (bicyclic) bond motifs is 1. The van der Waals surface area contributed by atoms with Crippen LogP contribution in [0.25, 0.3) is 10.1 Å². The molecule has 1 aromatic carbocycles. The zero-order valence-corrected chi connectivity index (χ0v) is 15.9. The Balaban J connectivity index is 1.47. The molecule has 1 aliphatic rings. The number of guanidine groups is 1. The van der Waals surface area contributed by atoms with Gasteiger partial charge in [0.05, 0.1) is 0 Å². The van der Waals surface area contributed by atoms with Crippen molar-refractivity contribution in [2.24, 2.45) is 10.9 Å². The second-order valence-electron chi connectivity index (χ2n) is 6.58. The van der Waals surface area contributed by atoms with Gasteiger partial charge in [-0.1, -0.05) is 25.1 Å². The lowest BCUT2D eigenvalue weighted by atomic mass is 10.1. The Kier molecular flexibility index (Phi) is 6.29. The number of likely N-dealkylation sites (tertiary alicyclic amines) is 1. The first-order chi connectivity index (χ1) is 12.2. The maximum Gasteiger partial charge on any atom is 0.191 e. The van der Waals surface area contributed by atoms with E-state index in [4.69, 9.17) is 0 Å². The lowest BCUT2D eigenvalue weighted by molar-refractivity contribution is 0.184. The SMILES string of the molecule is CCN1CCC(CNC(=NC)NCC(O)c2cc3ccccc3s2)C1. The van der Waals surface area contributed by atoms with E-state index in [0.29, 0.717) is 12.5 Å². The highest BCUT2D eigenvalue weighted by atomic mass is 32.1. The van der Waals surface area contributed by atoms with E-state index in [1.807, 2.05) is 12.1 Å². The first-order valence-corrected chi connectivity index (χ1v) is 9.84. The first kappa shape index (κ1) is 18.2. The van der Waals surface area contributed by atoms with Crippen LogP contribution in [0.15, 0.2) is 35.3 Å². The standard InChI is InChI=1S/C19H28N4OS/c1-3-23-9-8-14(13-23)11-21-19(20-2)22-12-16(24)18-10-15-6-4-5-7-17(15)25-18/h4-7,10,14,16,24H,3,8-9,11-13H2,1-2H3,(H2,20,21,22). The van der Waals surface area contributed by atoms with Crippen molar-refractivity contribution in [2.45, 2.75) is 19.4 Å². The molecule has 0 aliphatic carbocycles. The van der Waals surface area contributed by atoms with Gasteiger partial charge in [0, 0.05) is 36.3 Å². The summed E-state index contributed by atoms with van der Waals surface area (Å²) in [6.07, 6.45) is 0.709. The minimum atomic E-state index is -0.530. The van der Waals surface area contributed by atoms with Crippen LogP contribution in [0.3, 0.4) is 0 Å². The van der Waals surface area contributed by atoms with E-state index < -0.39 is 6.10 Å². The molecular weight excluding hydrogens is 332 g/mol. The molecule has 2 unspecified atom stereocenters. The fourth-order valence-corrected chi connectivity index (χ4v) is 4.34. The van der Waals surface area contributed by atoms with Gasteiger partial charge in [-0.2, -0.15) is 0 Å². The maximum atomic E-state index is 10.5. The Bertz CT molecular complexity index is 681. The van der Waals surface area contributed by atoms with Gasteiger partial charge in [0.15, 0.2) is 5.96 Å². The van der Waals surface area contributed by atoms with Gasteiger partial charge < -0.3 is 20.6 Å². The van der Waals surface area contributed by atoms with Gasteiger partial charge in [0.25, 0.3) is 0 Å². The molecule has 0 saturated carbocycles. The molecule has 136 valence electrons. The van der Waals surface area contributed by atoms with E-state index >= 15 is 0 Å². The van der Waals surface area contributed by atoms with Crippen molar-refractivity contribution in [3.05, 3.63) is 35.2 Å². The molecule has 2 aromatic rings. The topological polar surface area (TPSA) is 59.9 Å². The van der Waals surface area contributed by atoms with Gasteiger partial charge in [0.2, 0.25) is 0 Å². The second-order valence-corrected chi connectivity index (χ2v) is 7.70. The summed E-state index contributed by atoms with van der Waals surface area (Å²) < 4.78 is 1.21. The normalized spacial score (nSPS) is 20.1. The van der Waals surface area contributed by atoms with E-state index in [9.17, 15) is 5.11 Å². The minimum absolute atomic E-state index is 0.457. The molecule has 2 atom stereocenters. The minimum Gasteiger partial charge on any atom is -0.386 e. The summed E-state index contributed by atoms with van der Waals surface area (Å²) >= 11 is 1.65. The number of thiophene rings is 1. The number of hydrogen-bond acceptors (Lipinski definition) is 4. The van der Waals surface area contributed by atoms with Crippen LogP contribution >= 0.6 is 11.3 Å². The number of aliphatic hydroxyl groups excluding tert-OH is 1. The summed E-state index contributed by atoms with van der Waals surface area (Å²) in [4.78, 5) is 7.73. The lowest BCUT2D eigenvalue weighted by Crippen LogP contribution is -2.41. The fraction of sp³-hybridized carbons (Fsp3) is 0.526. The molecule has 5 nitrogen and oxygen atoms in total. The number of nitrogens with one attached hydrogen (secondary N) is 2. The third-order valence-corrected chi connectivity index (χ3v) is 6.05. The molecule has 6 heteroatoms. The summed E-state index contributed by atoms with van der Waals surface area (Å²) in [7, 11) is 1.77. The predicted octanol–water partition coefficient (Wildman–Crippen LogP) is 2.44. The van der Waals surface area contributed by atoms with Gasteiger partial charge in [0.1, 0.15) is 6.10 Å². The van der Waals surface area contributed by atoms with Crippen molar-refractivity contribution in [3.63, 3.8) is 0 Å². The van der Waals surface area contributed by atoms with Gasteiger partial charge >= 0.3 is 0 Å². The largest absolute Gasteiger partial charge is 0.386 e. The quantitative estimate of drug-likeness (QED) is 0.547. The number of benzene rings is 1. The lowest BCUT2D eigenvalue weighted by Gasteiger charge is -2.17. The average molecular weight is 361 g/mol.